The molecule has 0 saturated heterocycles. The maximum atomic E-state index is 11.3. The standard InChI is InChI=1S/C8H12N2O2S/c1-2-3-4-9-8(12)6-5-7(11)13-10-6/h5,10H,2-4H2,1H3,(H,9,12). The molecular weight excluding hydrogens is 188 g/mol. The van der Waals surface area contributed by atoms with Crippen molar-refractivity contribution >= 4 is 17.4 Å². The Hall–Kier alpha value is -1.10. The van der Waals surface area contributed by atoms with Crippen LogP contribution >= 0.6 is 11.5 Å². The van der Waals surface area contributed by atoms with Crippen LogP contribution in [0, 0.1) is 0 Å². The van der Waals surface area contributed by atoms with E-state index in [4.69, 9.17) is 0 Å². The van der Waals surface area contributed by atoms with Gasteiger partial charge >= 0.3 is 0 Å². The van der Waals surface area contributed by atoms with Gasteiger partial charge in [-0.1, -0.05) is 13.3 Å². The molecule has 1 aromatic heterocycles. The Kier molecular flexibility index (Phi) is 3.70. The predicted molar refractivity (Wildman–Crippen MR) is 52.2 cm³/mol. The summed E-state index contributed by atoms with van der Waals surface area (Å²) in [4.78, 5) is 22.0. The van der Waals surface area contributed by atoms with Crippen LogP contribution in [0.3, 0.4) is 0 Å². The molecule has 0 aliphatic heterocycles. The fourth-order valence-corrected chi connectivity index (χ4v) is 1.41. The van der Waals surface area contributed by atoms with Gasteiger partial charge in [0.25, 0.3) is 5.91 Å². The highest BCUT2D eigenvalue weighted by Crippen LogP contribution is 1.93. The minimum absolute atomic E-state index is 0.124. The maximum Gasteiger partial charge on any atom is 0.268 e. The van der Waals surface area contributed by atoms with E-state index in [0.717, 1.165) is 24.4 Å². The lowest BCUT2D eigenvalue weighted by atomic mass is 10.3. The number of nitrogens with one attached hydrogen (secondary N) is 2. The number of aromatic amines is 1. The van der Waals surface area contributed by atoms with Crippen molar-refractivity contribution in [2.24, 2.45) is 0 Å². The third kappa shape index (κ3) is 3.02. The molecule has 0 spiro atoms. The van der Waals surface area contributed by atoms with E-state index in [1.54, 1.807) is 0 Å². The van der Waals surface area contributed by atoms with Crippen molar-refractivity contribution in [1.29, 1.82) is 0 Å². The number of carbonyl (C=O) groups excluding carboxylic acids is 1. The van der Waals surface area contributed by atoms with Crippen molar-refractivity contribution in [1.82, 2.24) is 9.69 Å². The van der Waals surface area contributed by atoms with Gasteiger partial charge < -0.3 is 9.69 Å². The van der Waals surface area contributed by atoms with Gasteiger partial charge in [0.05, 0.1) is 0 Å². The number of H-pyrrole nitrogens is 1. The lowest BCUT2D eigenvalue weighted by Crippen LogP contribution is -2.24. The average molecular weight is 200 g/mol. The molecule has 1 heterocycles. The molecule has 0 saturated carbocycles. The minimum atomic E-state index is -0.202. The fourth-order valence-electron chi connectivity index (χ4n) is 0.868. The van der Waals surface area contributed by atoms with E-state index in [-0.39, 0.29) is 10.6 Å². The van der Waals surface area contributed by atoms with Crippen LogP contribution < -0.4 is 10.1 Å². The second kappa shape index (κ2) is 4.81. The van der Waals surface area contributed by atoms with Gasteiger partial charge in [0.1, 0.15) is 5.69 Å². The summed E-state index contributed by atoms with van der Waals surface area (Å²) in [5.74, 6) is -0.202. The molecule has 2 N–H and O–H groups in total. The highest BCUT2D eigenvalue weighted by molar-refractivity contribution is 7.03. The molecule has 1 rings (SSSR count). The Morgan fingerprint density at radius 3 is 3.00 bits per heavy atom. The molecule has 1 aromatic rings. The molecule has 0 fully saturated rings. The van der Waals surface area contributed by atoms with Crippen molar-refractivity contribution < 1.29 is 4.79 Å². The molecule has 1 amide bonds. The lowest BCUT2D eigenvalue weighted by molar-refractivity contribution is 0.0949. The van der Waals surface area contributed by atoms with Gasteiger partial charge in [0.15, 0.2) is 0 Å². The number of unbranched alkanes of at least 4 members (excludes halogenated alkanes) is 1. The van der Waals surface area contributed by atoms with Crippen molar-refractivity contribution in [3.05, 3.63) is 21.3 Å². The summed E-state index contributed by atoms with van der Waals surface area (Å²) in [5.41, 5.74) is 0.353. The van der Waals surface area contributed by atoms with Crippen LogP contribution in [-0.2, 0) is 0 Å². The van der Waals surface area contributed by atoms with Gasteiger partial charge in [-0.05, 0) is 18.0 Å². The summed E-state index contributed by atoms with van der Waals surface area (Å²) in [7, 11) is 0. The average Bonchev–Trinajstić information content (AvgIpc) is 2.52. The van der Waals surface area contributed by atoms with Crippen molar-refractivity contribution in [2.45, 2.75) is 19.8 Å². The second-order valence-electron chi connectivity index (χ2n) is 2.69. The first-order valence-corrected chi connectivity index (χ1v) is 5.02. The quantitative estimate of drug-likeness (QED) is 0.711. The third-order valence-corrected chi connectivity index (χ3v) is 2.23. The molecule has 72 valence electrons. The number of rotatable bonds is 4. The van der Waals surface area contributed by atoms with Crippen LogP contribution in [0.25, 0.3) is 0 Å². The van der Waals surface area contributed by atoms with Gasteiger partial charge in [-0.2, -0.15) is 0 Å². The van der Waals surface area contributed by atoms with E-state index >= 15 is 0 Å². The largest absolute Gasteiger partial charge is 0.351 e. The number of aromatic nitrogens is 1. The molecule has 0 radical (unpaired) electrons. The Labute approximate surface area is 80.1 Å². The molecule has 0 bridgehead atoms. The molecule has 5 heteroatoms. The smallest absolute Gasteiger partial charge is 0.268 e. The number of hydrogen-bond acceptors (Lipinski definition) is 3. The zero-order chi connectivity index (χ0) is 9.68. The Bertz CT molecular complexity index is 329. The third-order valence-electron chi connectivity index (χ3n) is 1.58. The van der Waals surface area contributed by atoms with Crippen LogP contribution in [0.15, 0.2) is 10.9 Å². The number of amides is 1. The summed E-state index contributed by atoms with van der Waals surface area (Å²) in [5, 5.41) is 2.71. The minimum Gasteiger partial charge on any atom is -0.351 e. The van der Waals surface area contributed by atoms with Crippen LogP contribution in [0.2, 0.25) is 0 Å². The second-order valence-corrected chi connectivity index (χ2v) is 3.50. The van der Waals surface area contributed by atoms with Crippen LogP contribution in [0.1, 0.15) is 30.3 Å². The monoisotopic (exact) mass is 200 g/mol. The Morgan fingerprint density at radius 1 is 1.69 bits per heavy atom. The summed E-state index contributed by atoms with van der Waals surface area (Å²) >= 11 is 0.931. The Balaban J connectivity index is 2.44. The highest BCUT2D eigenvalue weighted by atomic mass is 32.1. The molecule has 0 aliphatic rings. The lowest BCUT2D eigenvalue weighted by Gasteiger charge is -2.00. The normalized spacial score (nSPS) is 9.92. The van der Waals surface area contributed by atoms with Gasteiger partial charge in [-0.3, -0.25) is 9.59 Å². The van der Waals surface area contributed by atoms with Gasteiger partial charge in [0.2, 0.25) is 4.74 Å². The zero-order valence-corrected chi connectivity index (χ0v) is 8.24. The molecule has 0 aliphatic carbocycles. The summed E-state index contributed by atoms with van der Waals surface area (Å²) in [6.45, 7) is 2.71. The molecular formula is C8H12N2O2S. The van der Waals surface area contributed by atoms with Crippen LogP contribution in [0.5, 0.6) is 0 Å². The molecule has 13 heavy (non-hydrogen) atoms. The summed E-state index contributed by atoms with van der Waals surface area (Å²) in [6.07, 6.45) is 2.00. The SMILES string of the molecule is CCCCNC(=O)c1cc(=O)s[nH]1. The van der Waals surface area contributed by atoms with Crippen molar-refractivity contribution in [3.63, 3.8) is 0 Å². The van der Waals surface area contributed by atoms with E-state index in [2.05, 4.69) is 16.6 Å². The highest BCUT2D eigenvalue weighted by Gasteiger charge is 2.06. The topological polar surface area (TPSA) is 62.0 Å². The van der Waals surface area contributed by atoms with Gasteiger partial charge in [-0.25, -0.2) is 0 Å². The van der Waals surface area contributed by atoms with Crippen molar-refractivity contribution in [3.8, 4) is 0 Å². The molecule has 0 unspecified atom stereocenters. The van der Waals surface area contributed by atoms with E-state index in [0.29, 0.717) is 12.2 Å². The fraction of sp³-hybridized carbons (Fsp3) is 0.500. The predicted octanol–water partition coefficient (Wildman–Crippen LogP) is 0.966. The summed E-state index contributed by atoms with van der Waals surface area (Å²) in [6, 6.07) is 1.31. The van der Waals surface area contributed by atoms with Gasteiger partial charge in [0, 0.05) is 12.6 Å². The van der Waals surface area contributed by atoms with E-state index in [1.165, 1.54) is 6.07 Å². The first-order valence-electron chi connectivity index (χ1n) is 4.20. The van der Waals surface area contributed by atoms with Crippen LogP contribution in [-0.4, -0.2) is 16.8 Å². The molecule has 0 atom stereocenters. The van der Waals surface area contributed by atoms with Crippen molar-refractivity contribution in [2.75, 3.05) is 6.54 Å². The first kappa shape index (κ1) is 9.98. The zero-order valence-electron chi connectivity index (χ0n) is 7.42. The number of carbonyl (C=O) groups is 1. The van der Waals surface area contributed by atoms with E-state index in [9.17, 15) is 9.59 Å². The van der Waals surface area contributed by atoms with E-state index < -0.39 is 0 Å². The maximum absolute atomic E-state index is 11.3. The Morgan fingerprint density at radius 2 is 2.46 bits per heavy atom. The first-order chi connectivity index (χ1) is 6.24. The van der Waals surface area contributed by atoms with Crippen LogP contribution in [0.4, 0.5) is 0 Å². The van der Waals surface area contributed by atoms with E-state index in [1.807, 2.05) is 0 Å². The molecule has 0 aromatic carbocycles. The summed E-state index contributed by atoms with van der Waals surface area (Å²) < 4.78 is 2.52. The van der Waals surface area contributed by atoms with Gasteiger partial charge in [-0.15, -0.1) is 0 Å². The molecule has 4 nitrogen and oxygen atoms in total. The number of hydrogen-bond donors (Lipinski definition) is 2.